The van der Waals surface area contributed by atoms with Gasteiger partial charge in [0.15, 0.2) is 0 Å². The van der Waals surface area contributed by atoms with Crippen molar-refractivity contribution in [3.63, 3.8) is 0 Å². The minimum absolute atomic E-state index is 0.198. The van der Waals surface area contributed by atoms with Crippen molar-refractivity contribution in [1.29, 1.82) is 0 Å². The number of benzene rings is 3. The van der Waals surface area contributed by atoms with Crippen LogP contribution in [-0.2, 0) is 6.42 Å². The summed E-state index contributed by atoms with van der Waals surface area (Å²) in [5, 5.41) is 22.0. The van der Waals surface area contributed by atoms with Gasteiger partial charge in [-0.3, -0.25) is 4.90 Å². The molecule has 0 unspecified atom stereocenters. The molecular formula is C28H36N2O4. The highest BCUT2D eigenvalue weighted by molar-refractivity contribution is 5.89. The lowest BCUT2D eigenvalue weighted by Crippen LogP contribution is -2.45. The number of piperazine rings is 1. The van der Waals surface area contributed by atoms with Crippen LogP contribution in [0.2, 0.25) is 0 Å². The molecule has 0 atom stereocenters. The van der Waals surface area contributed by atoms with Gasteiger partial charge in [-0.05, 0) is 67.6 Å². The Morgan fingerprint density at radius 2 is 1.65 bits per heavy atom. The molecule has 0 saturated carbocycles. The summed E-state index contributed by atoms with van der Waals surface area (Å²) in [5.74, 6) is 1.86. The average molecular weight is 465 g/mol. The molecular weight excluding hydrogens is 428 g/mol. The Morgan fingerprint density at radius 1 is 0.912 bits per heavy atom. The highest BCUT2D eigenvalue weighted by atomic mass is 16.5. The normalized spacial score (nSPS) is 15.5. The third-order valence-electron chi connectivity index (χ3n) is 6.23. The number of phenols is 1. The molecule has 1 heterocycles. The van der Waals surface area contributed by atoms with Gasteiger partial charge in [-0.25, -0.2) is 0 Å². The van der Waals surface area contributed by atoms with E-state index in [1.54, 1.807) is 26.0 Å². The maximum atomic E-state index is 10.1. The topological polar surface area (TPSA) is 65.4 Å². The fourth-order valence-electron chi connectivity index (χ4n) is 4.21. The first-order chi connectivity index (χ1) is 16.3. The smallest absolute Gasteiger partial charge is 0.123 e. The first kappa shape index (κ1) is 24.3. The molecule has 0 bridgehead atoms. The van der Waals surface area contributed by atoms with E-state index < -0.39 is 5.60 Å². The molecule has 6 nitrogen and oxygen atoms in total. The van der Waals surface area contributed by atoms with Crippen molar-refractivity contribution >= 4 is 10.8 Å². The summed E-state index contributed by atoms with van der Waals surface area (Å²) in [6, 6.07) is 17.5. The van der Waals surface area contributed by atoms with E-state index in [4.69, 9.17) is 9.47 Å². The zero-order valence-corrected chi connectivity index (χ0v) is 20.5. The molecule has 0 aliphatic carbocycles. The van der Waals surface area contributed by atoms with Crippen LogP contribution in [-0.4, -0.2) is 78.6 Å². The number of hydrogen-bond donors (Lipinski definition) is 2. The lowest BCUT2D eigenvalue weighted by atomic mass is 9.97. The van der Waals surface area contributed by atoms with Gasteiger partial charge in [0.25, 0.3) is 0 Å². The van der Waals surface area contributed by atoms with Gasteiger partial charge in [0.2, 0.25) is 0 Å². The average Bonchev–Trinajstić information content (AvgIpc) is 2.80. The number of aliphatic hydroxyl groups is 1. The molecule has 1 saturated heterocycles. The van der Waals surface area contributed by atoms with Crippen LogP contribution in [0.5, 0.6) is 17.2 Å². The fraction of sp³-hybridized carbons (Fsp3) is 0.429. The van der Waals surface area contributed by atoms with Crippen LogP contribution in [0.3, 0.4) is 0 Å². The zero-order valence-electron chi connectivity index (χ0n) is 20.5. The van der Waals surface area contributed by atoms with Gasteiger partial charge in [0.05, 0.1) is 5.60 Å². The van der Waals surface area contributed by atoms with E-state index >= 15 is 0 Å². The van der Waals surface area contributed by atoms with Crippen LogP contribution < -0.4 is 9.47 Å². The second kappa shape index (κ2) is 10.6. The van der Waals surface area contributed by atoms with Gasteiger partial charge >= 0.3 is 0 Å². The van der Waals surface area contributed by atoms with E-state index in [1.165, 1.54) is 0 Å². The Bertz CT molecular complexity index is 1080. The first-order valence-electron chi connectivity index (χ1n) is 12.0. The highest BCUT2D eigenvalue weighted by Crippen LogP contribution is 2.33. The summed E-state index contributed by atoms with van der Waals surface area (Å²) in [6.45, 7) is 9.71. The minimum atomic E-state index is -0.926. The second-order valence-electron chi connectivity index (χ2n) is 9.86. The van der Waals surface area contributed by atoms with Crippen LogP contribution >= 0.6 is 0 Å². The highest BCUT2D eigenvalue weighted by Gasteiger charge is 2.17. The number of fused-ring (bicyclic) bond motifs is 1. The molecule has 0 radical (unpaired) electrons. The second-order valence-corrected chi connectivity index (χ2v) is 9.86. The maximum absolute atomic E-state index is 10.1. The predicted octanol–water partition coefficient (Wildman–Crippen LogP) is 3.91. The Morgan fingerprint density at radius 3 is 2.35 bits per heavy atom. The number of ether oxygens (including phenoxy) is 2. The maximum Gasteiger partial charge on any atom is 0.123 e. The monoisotopic (exact) mass is 464 g/mol. The summed E-state index contributed by atoms with van der Waals surface area (Å²) in [5.41, 5.74) is 1.25. The molecule has 1 aliphatic rings. The standard InChI is InChI=1S/C28H36N2O4/c1-28(2,32)20-34-27-11-6-22-19-23(31)7-10-25(22)26(27)18-21-4-8-24(9-5-21)33-17-16-30-14-12-29(3)13-15-30/h4-11,19,31-32H,12-18,20H2,1-3H3. The van der Waals surface area contributed by atoms with Crippen molar-refractivity contribution < 1.29 is 19.7 Å². The van der Waals surface area contributed by atoms with Crippen molar-refractivity contribution in [2.75, 3.05) is 53.0 Å². The van der Waals surface area contributed by atoms with Crippen molar-refractivity contribution in [3.05, 3.63) is 65.7 Å². The van der Waals surface area contributed by atoms with Gasteiger partial charge in [-0.2, -0.15) is 0 Å². The van der Waals surface area contributed by atoms with Gasteiger partial charge < -0.3 is 24.6 Å². The third kappa shape index (κ3) is 6.63. The van der Waals surface area contributed by atoms with Gasteiger partial charge in [-0.15, -0.1) is 0 Å². The lowest BCUT2D eigenvalue weighted by molar-refractivity contribution is 0.0282. The summed E-state index contributed by atoms with van der Waals surface area (Å²) < 4.78 is 12.0. The Labute approximate surface area is 202 Å². The molecule has 34 heavy (non-hydrogen) atoms. The molecule has 1 fully saturated rings. The van der Waals surface area contributed by atoms with Crippen LogP contribution in [0.15, 0.2) is 54.6 Å². The van der Waals surface area contributed by atoms with Crippen LogP contribution in [0, 0.1) is 0 Å². The zero-order chi connectivity index (χ0) is 24.1. The van der Waals surface area contributed by atoms with E-state index in [0.717, 1.165) is 66.1 Å². The molecule has 0 spiro atoms. The summed E-state index contributed by atoms with van der Waals surface area (Å²) in [4.78, 5) is 4.80. The Kier molecular flexibility index (Phi) is 7.61. The van der Waals surface area contributed by atoms with Crippen molar-refractivity contribution in [2.45, 2.75) is 25.9 Å². The molecule has 2 N–H and O–H groups in total. The number of nitrogens with zero attached hydrogens (tertiary/aromatic N) is 2. The third-order valence-corrected chi connectivity index (χ3v) is 6.23. The molecule has 1 aliphatic heterocycles. The van der Waals surface area contributed by atoms with E-state index in [9.17, 15) is 10.2 Å². The number of phenolic OH excluding ortho intramolecular Hbond substituents is 1. The van der Waals surface area contributed by atoms with Gasteiger partial charge in [0, 0.05) is 44.7 Å². The molecule has 3 aromatic carbocycles. The number of rotatable bonds is 9. The van der Waals surface area contributed by atoms with Crippen LogP contribution in [0.1, 0.15) is 25.0 Å². The Balaban J connectivity index is 1.44. The predicted molar refractivity (Wildman–Crippen MR) is 136 cm³/mol. The molecule has 182 valence electrons. The van der Waals surface area contributed by atoms with Crippen molar-refractivity contribution in [2.24, 2.45) is 0 Å². The van der Waals surface area contributed by atoms with Gasteiger partial charge in [0.1, 0.15) is 30.5 Å². The molecule has 0 amide bonds. The molecule has 3 aromatic rings. The SMILES string of the molecule is CN1CCN(CCOc2ccc(Cc3c(OCC(C)(C)O)ccc4cc(O)ccc34)cc2)CC1. The Hall–Kier alpha value is -2.80. The first-order valence-corrected chi connectivity index (χ1v) is 12.0. The van der Waals surface area contributed by atoms with Gasteiger partial charge in [-0.1, -0.05) is 24.3 Å². The van der Waals surface area contributed by atoms with E-state index in [-0.39, 0.29) is 12.4 Å². The van der Waals surface area contributed by atoms with Crippen molar-refractivity contribution in [1.82, 2.24) is 9.80 Å². The molecule has 4 rings (SSSR count). The van der Waals surface area contributed by atoms with E-state index in [1.807, 2.05) is 30.3 Å². The number of aromatic hydroxyl groups is 1. The minimum Gasteiger partial charge on any atom is -0.508 e. The molecule has 0 aromatic heterocycles. The largest absolute Gasteiger partial charge is 0.508 e. The number of likely N-dealkylation sites (N-methyl/N-ethyl adjacent to an activating group) is 1. The molecule has 6 heteroatoms. The number of hydrogen-bond acceptors (Lipinski definition) is 6. The quantitative estimate of drug-likeness (QED) is 0.501. The fourth-order valence-corrected chi connectivity index (χ4v) is 4.21. The van der Waals surface area contributed by atoms with Crippen LogP contribution in [0.4, 0.5) is 0 Å². The van der Waals surface area contributed by atoms with Crippen molar-refractivity contribution in [3.8, 4) is 17.2 Å². The van der Waals surface area contributed by atoms with Crippen LogP contribution in [0.25, 0.3) is 10.8 Å². The summed E-state index contributed by atoms with van der Waals surface area (Å²) in [7, 11) is 2.17. The lowest BCUT2D eigenvalue weighted by Gasteiger charge is -2.32. The van der Waals surface area contributed by atoms with E-state index in [2.05, 4.69) is 29.0 Å². The van der Waals surface area contributed by atoms with E-state index in [0.29, 0.717) is 13.0 Å². The summed E-state index contributed by atoms with van der Waals surface area (Å²) >= 11 is 0. The summed E-state index contributed by atoms with van der Waals surface area (Å²) in [6.07, 6.45) is 0.672.